The van der Waals surface area contributed by atoms with E-state index < -0.39 is 0 Å². The molecule has 0 nitrogen and oxygen atoms in total. The fourth-order valence-electron chi connectivity index (χ4n) is 0.402. The number of thioether (sulfide) groups is 1. The molecule has 0 aromatic rings. The van der Waals surface area contributed by atoms with E-state index in [1.165, 1.54) is 4.91 Å². The van der Waals surface area contributed by atoms with Crippen molar-refractivity contribution in [3.63, 3.8) is 0 Å². The molecule has 0 saturated heterocycles. The van der Waals surface area contributed by atoms with E-state index in [1.807, 2.05) is 13.8 Å². The van der Waals surface area contributed by atoms with Gasteiger partial charge in [-0.1, -0.05) is 11.8 Å². The Morgan fingerprint density at radius 2 is 2.29 bits per heavy atom. The fourth-order valence-corrected chi connectivity index (χ4v) is 0.874. The SMILES string of the molecule is C/C=C(\[CH+]C)SC. The second kappa shape index (κ2) is 4.13. The van der Waals surface area contributed by atoms with Crippen LogP contribution >= 0.6 is 11.8 Å². The summed E-state index contributed by atoms with van der Waals surface area (Å²) in [6, 6.07) is 0. The normalized spacial score (nSPS) is 11.6. The van der Waals surface area contributed by atoms with Gasteiger partial charge in [-0.3, -0.25) is 0 Å². The molecule has 0 atom stereocenters. The van der Waals surface area contributed by atoms with E-state index in [4.69, 9.17) is 0 Å². The highest BCUT2D eigenvalue weighted by atomic mass is 32.2. The summed E-state index contributed by atoms with van der Waals surface area (Å²) in [6.07, 6.45) is 6.28. The van der Waals surface area contributed by atoms with Crippen LogP contribution in [0.2, 0.25) is 0 Å². The van der Waals surface area contributed by atoms with E-state index in [-0.39, 0.29) is 0 Å². The van der Waals surface area contributed by atoms with Gasteiger partial charge in [-0.2, -0.15) is 0 Å². The second-order valence-corrected chi connectivity index (χ2v) is 2.06. The zero-order chi connectivity index (χ0) is 5.70. The molecule has 40 valence electrons. The second-order valence-electron chi connectivity index (χ2n) is 1.18. The molecular formula is C6H11S+. The molecule has 0 aliphatic heterocycles. The van der Waals surface area contributed by atoms with Gasteiger partial charge in [0.05, 0.1) is 12.5 Å². The topological polar surface area (TPSA) is 0 Å². The van der Waals surface area contributed by atoms with Crippen LogP contribution in [0.1, 0.15) is 13.8 Å². The van der Waals surface area contributed by atoms with Crippen molar-refractivity contribution in [2.75, 3.05) is 6.26 Å². The highest BCUT2D eigenvalue weighted by Gasteiger charge is 1.93. The van der Waals surface area contributed by atoms with E-state index in [0.29, 0.717) is 0 Å². The van der Waals surface area contributed by atoms with E-state index >= 15 is 0 Å². The Morgan fingerprint density at radius 3 is 2.29 bits per heavy atom. The summed E-state index contributed by atoms with van der Waals surface area (Å²) in [6.45, 7) is 4.09. The van der Waals surface area contributed by atoms with Gasteiger partial charge in [0.15, 0.2) is 4.91 Å². The smallest absolute Gasteiger partial charge is 0.0866 e. The average molecular weight is 115 g/mol. The molecule has 0 rings (SSSR count). The van der Waals surface area contributed by atoms with Crippen molar-refractivity contribution in [1.29, 1.82) is 0 Å². The maximum Gasteiger partial charge on any atom is 0.157 e. The molecule has 0 N–H and O–H groups in total. The molecule has 0 heterocycles. The van der Waals surface area contributed by atoms with E-state index in [1.54, 1.807) is 11.8 Å². The summed E-state index contributed by atoms with van der Waals surface area (Å²) in [5.74, 6) is 0. The predicted octanol–water partition coefficient (Wildman–Crippen LogP) is 2.48. The molecule has 0 aromatic heterocycles. The molecule has 0 aliphatic rings. The maximum absolute atomic E-state index is 2.10. The van der Waals surface area contributed by atoms with Crippen LogP contribution in [0, 0.1) is 6.42 Å². The molecule has 0 radical (unpaired) electrons. The summed E-state index contributed by atoms with van der Waals surface area (Å²) >= 11 is 1.78. The van der Waals surface area contributed by atoms with Gasteiger partial charge in [-0.15, -0.1) is 0 Å². The van der Waals surface area contributed by atoms with E-state index in [0.717, 1.165) is 0 Å². The highest BCUT2D eigenvalue weighted by molar-refractivity contribution is 8.02. The lowest BCUT2D eigenvalue weighted by molar-refractivity contribution is 1.50. The number of allylic oxidation sites excluding steroid dienone is 2. The number of rotatable bonds is 2. The molecule has 7 heavy (non-hydrogen) atoms. The van der Waals surface area contributed by atoms with Crippen LogP contribution in [0.4, 0.5) is 0 Å². The van der Waals surface area contributed by atoms with Crippen LogP contribution in [-0.2, 0) is 0 Å². The molecule has 0 aliphatic carbocycles. The Balaban J connectivity index is 3.38. The molecular weight excluding hydrogens is 104 g/mol. The van der Waals surface area contributed by atoms with E-state index in [2.05, 4.69) is 18.8 Å². The minimum Gasteiger partial charge on any atom is -0.0866 e. The fraction of sp³-hybridized carbons (Fsp3) is 0.500. The van der Waals surface area contributed by atoms with Gasteiger partial charge in [0, 0.05) is 13.8 Å². The lowest BCUT2D eigenvalue weighted by Crippen LogP contribution is -1.67. The van der Waals surface area contributed by atoms with Gasteiger partial charge in [-0.05, 0) is 6.26 Å². The molecule has 1 heteroatoms. The van der Waals surface area contributed by atoms with Gasteiger partial charge >= 0.3 is 0 Å². The van der Waals surface area contributed by atoms with Crippen molar-refractivity contribution in [1.82, 2.24) is 0 Å². The minimum atomic E-state index is 1.35. The Hall–Kier alpha value is -0.0400. The van der Waals surface area contributed by atoms with Crippen molar-refractivity contribution in [3.05, 3.63) is 17.4 Å². The summed E-state index contributed by atoms with van der Waals surface area (Å²) in [5.41, 5.74) is 0. The van der Waals surface area contributed by atoms with Crippen molar-refractivity contribution in [3.8, 4) is 0 Å². The Bertz CT molecular complexity index is 58.6. The van der Waals surface area contributed by atoms with Gasteiger partial charge in [0.1, 0.15) is 0 Å². The zero-order valence-corrected chi connectivity index (χ0v) is 5.88. The van der Waals surface area contributed by atoms with Crippen molar-refractivity contribution < 1.29 is 0 Å². The standard InChI is InChI=1S/C6H11S/c1-4-6(5-2)7-3/h4-5H,1-3H3/q+1/b6-4+. The first-order valence-corrected chi connectivity index (χ1v) is 3.57. The third kappa shape index (κ3) is 2.63. The molecule has 0 spiro atoms. The molecule has 0 fully saturated rings. The number of hydrogen-bond acceptors (Lipinski definition) is 1. The van der Waals surface area contributed by atoms with Crippen molar-refractivity contribution in [2.24, 2.45) is 0 Å². The van der Waals surface area contributed by atoms with Crippen LogP contribution in [0.3, 0.4) is 0 Å². The van der Waals surface area contributed by atoms with Crippen LogP contribution in [0.15, 0.2) is 11.0 Å². The third-order valence-corrected chi connectivity index (χ3v) is 1.75. The lowest BCUT2D eigenvalue weighted by atomic mass is 10.4. The monoisotopic (exact) mass is 115 g/mol. The first-order chi connectivity index (χ1) is 3.35. The molecule has 0 aromatic carbocycles. The minimum absolute atomic E-state index is 1.35. The van der Waals surface area contributed by atoms with Crippen LogP contribution in [-0.4, -0.2) is 6.26 Å². The lowest BCUT2D eigenvalue weighted by Gasteiger charge is -1.82. The Labute approximate surface area is 50.0 Å². The van der Waals surface area contributed by atoms with Crippen molar-refractivity contribution >= 4 is 11.8 Å². The van der Waals surface area contributed by atoms with Crippen LogP contribution in [0.25, 0.3) is 0 Å². The van der Waals surface area contributed by atoms with Gasteiger partial charge in [0.2, 0.25) is 0 Å². The van der Waals surface area contributed by atoms with Gasteiger partial charge in [-0.25, -0.2) is 0 Å². The highest BCUT2D eigenvalue weighted by Crippen LogP contribution is 2.12. The van der Waals surface area contributed by atoms with Crippen molar-refractivity contribution in [2.45, 2.75) is 13.8 Å². The Kier molecular flexibility index (Phi) is 4.10. The average Bonchev–Trinajstić information content (AvgIpc) is 1.72. The summed E-state index contributed by atoms with van der Waals surface area (Å²) < 4.78 is 0. The first-order valence-electron chi connectivity index (χ1n) is 2.34. The third-order valence-electron chi connectivity index (χ3n) is 0.805. The summed E-state index contributed by atoms with van der Waals surface area (Å²) in [4.78, 5) is 1.35. The Morgan fingerprint density at radius 1 is 1.71 bits per heavy atom. The molecule has 0 unspecified atom stereocenters. The molecule has 0 bridgehead atoms. The maximum atomic E-state index is 2.10. The summed E-state index contributed by atoms with van der Waals surface area (Å²) in [7, 11) is 0. The van der Waals surface area contributed by atoms with Gasteiger partial charge < -0.3 is 0 Å². The number of hydrogen-bond donors (Lipinski definition) is 0. The first kappa shape index (κ1) is 6.96. The van der Waals surface area contributed by atoms with Crippen LogP contribution < -0.4 is 0 Å². The summed E-state index contributed by atoms with van der Waals surface area (Å²) in [5, 5.41) is 0. The predicted molar refractivity (Wildman–Crippen MR) is 37.2 cm³/mol. The van der Waals surface area contributed by atoms with Crippen LogP contribution in [0.5, 0.6) is 0 Å². The largest absolute Gasteiger partial charge is 0.157 e. The quantitative estimate of drug-likeness (QED) is 0.498. The van der Waals surface area contributed by atoms with E-state index in [9.17, 15) is 0 Å². The molecule has 0 amide bonds. The van der Waals surface area contributed by atoms with Gasteiger partial charge in [0.25, 0.3) is 0 Å². The molecule has 0 saturated carbocycles. The zero-order valence-electron chi connectivity index (χ0n) is 5.06.